The summed E-state index contributed by atoms with van der Waals surface area (Å²) in [7, 11) is 0. The average molecular weight is 513 g/mol. The molecule has 0 heterocycles. The minimum atomic E-state index is -0.322. The molecule has 0 fully saturated rings. The molecule has 1 N–H and O–H groups in total. The number of nitrogens with one attached hydrogen (secondary N) is 1. The van der Waals surface area contributed by atoms with Crippen molar-refractivity contribution in [2.75, 3.05) is 0 Å². The third-order valence-corrected chi connectivity index (χ3v) is 5.30. The molecule has 0 spiro atoms. The molecule has 0 saturated heterocycles. The zero-order chi connectivity index (χ0) is 20.8. The Hall–Kier alpha value is -2.05. The highest BCUT2D eigenvalue weighted by Crippen LogP contribution is 2.28. The predicted molar refractivity (Wildman–Crippen MR) is 121 cm³/mol. The zero-order valence-corrected chi connectivity index (χ0v) is 18.7. The normalized spacial score (nSPS) is 10.9. The van der Waals surface area contributed by atoms with Gasteiger partial charge in [-0.05, 0) is 76.1 Å². The molecule has 3 aromatic carbocycles. The van der Waals surface area contributed by atoms with E-state index in [4.69, 9.17) is 39.5 Å². The number of amides is 1. The van der Waals surface area contributed by atoms with Crippen LogP contribution in [0.5, 0.6) is 5.75 Å². The Morgan fingerprint density at radius 3 is 2.41 bits per heavy atom. The summed E-state index contributed by atoms with van der Waals surface area (Å²) in [6.07, 6.45) is 1.54. The summed E-state index contributed by atoms with van der Waals surface area (Å²) in [6.45, 7) is 0.305. The molecule has 3 aromatic rings. The monoisotopic (exact) mass is 510 g/mol. The maximum Gasteiger partial charge on any atom is 0.271 e. The van der Waals surface area contributed by atoms with E-state index in [2.05, 4.69) is 26.5 Å². The van der Waals surface area contributed by atoms with E-state index in [1.165, 1.54) is 0 Å². The molecule has 0 atom stereocenters. The van der Waals surface area contributed by atoms with E-state index in [0.717, 1.165) is 15.6 Å². The highest BCUT2D eigenvalue weighted by molar-refractivity contribution is 9.10. The van der Waals surface area contributed by atoms with Gasteiger partial charge >= 0.3 is 0 Å². The van der Waals surface area contributed by atoms with Gasteiger partial charge in [-0.1, -0.05) is 40.9 Å². The van der Waals surface area contributed by atoms with Gasteiger partial charge in [0, 0.05) is 26.2 Å². The fraction of sp³-hybridized carbons (Fsp3) is 0.0476. The number of ether oxygens (including phenoxy) is 1. The lowest BCUT2D eigenvalue weighted by Gasteiger charge is -2.10. The number of carbonyl (C=O) groups is 1. The van der Waals surface area contributed by atoms with Crippen LogP contribution in [0.15, 0.2) is 70.2 Å². The van der Waals surface area contributed by atoms with Crippen LogP contribution in [0, 0.1) is 0 Å². The topological polar surface area (TPSA) is 50.7 Å². The van der Waals surface area contributed by atoms with E-state index in [1.807, 2.05) is 18.2 Å². The van der Waals surface area contributed by atoms with Gasteiger partial charge in [0.1, 0.15) is 12.4 Å². The number of rotatable bonds is 6. The highest BCUT2D eigenvalue weighted by Gasteiger charge is 2.06. The molecule has 8 heteroatoms. The van der Waals surface area contributed by atoms with Crippen molar-refractivity contribution in [3.8, 4) is 5.75 Å². The fourth-order valence-electron chi connectivity index (χ4n) is 2.34. The Morgan fingerprint density at radius 2 is 1.72 bits per heavy atom. The minimum Gasteiger partial charge on any atom is -0.488 e. The number of halogens is 4. The van der Waals surface area contributed by atoms with Crippen LogP contribution in [0.2, 0.25) is 15.1 Å². The molecule has 3 rings (SSSR count). The zero-order valence-electron chi connectivity index (χ0n) is 14.8. The Morgan fingerprint density at radius 1 is 1.00 bits per heavy atom. The Labute approximate surface area is 191 Å². The summed E-state index contributed by atoms with van der Waals surface area (Å²) in [5.41, 5.74) is 4.56. The molecular weight excluding hydrogens is 499 g/mol. The largest absolute Gasteiger partial charge is 0.488 e. The van der Waals surface area contributed by atoms with E-state index in [0.29, 0.717) is 33.0 Å². The first-order chi connectivity index (χ1) is 13.9. The summed E-state index contributed by atoms with van der Waals surface area (Å²) >= 11 is 21.3. The molecule has 0 aliphatic heterocycles. The van der Waals surface area contributed by atoms with Gasteiger partial charge in [0.25, 0.3) is 5.91 Å². The molecule has 0 aliphatic carbocycles. The van der Waals surface area contributed by atoms with Crippen molar-refractivity contribution in [2.45, 2.75) is 6.61 Å². The van der Waals surface area contributed by atoms with Gasteiger partial charge in [0.15, 0.2) is 0 Å². The van der Waals surface area contributed by atoms with Crippen LogP contribution < -0.4 is 10.2 Å². The second-order valence-electron chi connectivity index (χ2n) is 5.92. The number of hydrogen-bond acceptors (Lipinski definition) is 3. The van der Waals surface area contributed by atoms with Crippen molar-refractivity contribution in [1.82, 2.24) is 5.43 Å². The molecule has 0 aliphatic rings. The number of nitrogens with zero attached hydrogens (tertiary/aromatic N) is 1. The minimum absolute atomic E-state index is 0.305. The molecule has 0 aromatic heterocycles. The van der Waals surface area contributed by atoms with Gasteiger partial charge in [-0.25, -0.2) is 5.43 Å². The van der Waals surface area contributed by atoms with Crippen LogP contribution in [-0.2, 0) is 6.61 Å². The van der Waals surface area contributed by atoms with Gasteiger partial charge in [-0.15, -0.1) is 0 Å². The quantitative estimate of drug-likeness (QED) is 0.293. The van der Waals surface area contributed by atoms with Crippen LogP contribution in [0.25, 0.3) is 0 Å². The van der Waals surface area contributed by atoms with Gasteiger partial charge in [-0.3, -0.25) is 4.79 Å². The first-order valence-electron chi connectivity index (χ1n) is 8.37. The lowest BCUT2D eigenvalue weighted by molar-refractivity contribution is 0.0955. The Bertz CT molecular complexity index is 1060. The second kappa shape index (κ2) is 10.1. The van der Waals surface area contributed by atoms with E-state index in [9.17, 15) is 4.79 Å². The number of carbonyl (C=O) groups excluding carboxylic acids is 1. The maximum absolute atomic E-state index is 12.0. The second-order valence-corrected chi connectivity index (χ2v) is 8.05. The van der Waals surface area contributed by atoms with E-state index < -0.39 is 0 Å². The van der Waals surface area contributed by atoms with Crippen molar-refractivity contribution in [2.24, 2.45) is 5.10 Å². The third kappa shape index (κ3) is 6.21. The molecule has 29 heavy (non-hydrogen) atoms. The summed E-state index contributed by atoms with van der Waals surface area (Å²) in [6, 6.07) is 17.3. The number of hydrazone groups is 1. The molecule has 0 unspecified atom stereocenters. The summed E-state index contributed by atoms with van der Waals surface area (Å²) in [5, 5.41) is 5.67. The first kappa shape index (κ1) is 21.7. The maximum atomic E-state index is 12.0. The average Bonchev–Trinajstić information content (AvgIpc) is 2.69. The van der Waals surface area contributed by atoms with Crippen LogP contribution >= 0.6 is 50.7 Å². The smallest absolute Gasteiger partial charge is 0.271 e. The van der Waals surface area contributed by atoms with Crippen LogP contribution in [0.4, 0.5) is 0 Å². The number of hydrogen-bond donors (Lipinski definition) is 1. The van der Waals surface area contributed by atoms with E-state index in [1.54, 1.807) is 48.7 Å². The lowest BCUT2D eigenvalue weighted by atomic mass is 10.2. The molecule has 4 nitrogen and oxygen atoms in total. The van der Waals surface area contributed by atoms with E-state index >= 15 is 0 Å². The first-order valence-corrected chi connectivity index (χ1v) is 10.3. The Kier molecular flexibility index (Phi) is 7.56. The SMILES string of the molecule is O=C(N/N=C\c1ccc(OCc2ccc(Cl)cc2Cl)c(Br)c1)c1ccc(Cl)cc1. The molecule has 0 radical (unpaired) electrons. The third-order valence-electron chi connectivity index (χ3n) is 3.84. The molecule has 0 saturated carbocycles. The number of benzene rings is 3. The van der Waals surface area contributed by atoms with Crippen LogP contribution in [0.1, 0.15) is 21.5 Å². The predicted octanol–water partition coefficient (Wildman–Crippen LogP) is 6.75. The van der Waals surface area contributed by atoms with Gasteiger partial charge in [0.2, 0.25) is 0 Å². The van der Waals surface area contributed by atoms with Gasteiger partial charge < -0.3 is 4.74 Å². The van der Waals surface area contributed by atoms with Gasteiger partial charge in [0.05, 0.1) is 10.7 Å². The van der Waals surface area contributed by atoms with Crippen molar-refractivity contribution in [3.05, 3.63) is 96.9 Å². The summed E-state index contributed by atoms with van der Waals surface area (Å²) in [5.74, 6) is 0.329. The lowest BCUT2D eigenvalue weighted by Crippen LogP contribution is -2.17. The summed E-state index contributed by atoms with van der Waals surface area (Å²) < 4.78 is 6.56. The van der Waals surface area contributed by atoms with Gasteiger partial charge in [-0.2, -0.15) is 5.10 Å². The van der Waals surface area contributed by atoms with Crippen molar-refractivity contribution in [1.29, 1.82) is 0 Å². The van der Waals surface area contributed by atoms with Crippen LogP contribution in [0.3, 0.4) is 0 Å². The van der Waals surface area contributed by atoms with Crippen molar-refractivity contribution >= 4 is 62.9 Å². The highest BCUT2D eigenvalue weighted by atomic mass is 79.9. The van der Waals surface area contributed by atoms with E-state index in [-0.39, 0.29) is 5.91 Å². The van der Waals surface area contributed by atoms with Crippen LogP contribution in [-0.4, -0.2) is 12.1 Å². The molecule has 148 valence electrons. The summed E-state index contributed by atoms with van der Waals surface area (Å²) in [4.78, 5) is 12.0. The van der Waals surface area contributed by atoms with Crippen molar-refractivity contribution in [3.63, 3.8) is 0 Å². The Balaban J connectivity index is 1.59. The molecular formula is C21H14BrCl3N2O2. The molecule has 1 amide bonds. The van der Waals surface area contributed by atoms with Crippen molar-refractivity contribution < 1.29 is 9.53 Å². The standard InChI is InChI=1S/C21H14BrCl3N2O2/c22-18-9-13(11-26-27-21(28)14-2-5-16(23)6-3-14)1-8-20(18)29-12-15-4-7-17(24)10-19(15)25/h1-11H,12H2,(H,27,28)/b26-11-. The molecule has 0 bridgehead atoms. The fourth-order valence-corrected chi connectivity index (χ4v) is 3.44.